The van der Waals surface area contributed by atoms with Crippen LogP contribution in [0, 0.1) is 24.1 Å². The molecule has 4 rings (SSSR count). The Hall–Kier alpha value is -3.21. The van der Waals surface area contributed by atoms with Gasteiger partial charge in [-0.2, -0.15) is 15.2 Å². The van der Waals surface area contributed by atoms with Gasteiger partial charge in [-0.25, -0.2) is 4.39 Å². The minimum Gasteiger partial charge on any atom is -0.481 e. The van der Waals surface area contributed by atoms with E-state index in [9.17, 15) is 14.4 Å². The number of anilines is 1. The van der Waals surface area contributed by atoms with E-state index < -0.39 is 5.97 Å². The Morgan fingerprint density at radius 2 is 2.20 bits per heavy atom. The van der Waals surface area contributed by atoms with Gasteiger partial charge in [0.1, 0.15) is 23.6 Å². The number of rotatable bonds is 6. The number of benzene rings is 1. The summed E-state index contributed by atoms with van der Waals surface area (Å²) in [5.41, 5.74) is 2.83. The summed E-state index contributed by atoms with van der Waals surface area (Å²) < 4.78 is 20.7. The number of aromatic nitrogens is 2. The number of carbonyl (C=O) groups is 1. The molecule has 8 heteroatoms. The highest BCUT2D eigenvalue weighted by atomic mass is 19.1. The summed E-state index contributed by atoms with van der Waals surface area (Å²) >= 11 is 0. The molecule has 30 heavy (non-hydrogen) atoms. The molecule has 1 aromatic carbocycles. The number of nitriles is 1. The van der Waals surface area contributed by atoms with Gasteiger partial charge in [0.15, 0.2) is 5.82 Å². The first-order chi connectivity index (χ1) is 14.5. The van der Waals surface area contributed by atoms with Crippen LogP contribution in [0.5, 0.6) is 6.01 Å². The maximum absolute atomic E-state index is 14.9. The van der Waals surface area contributed by atoms with Crippen molar-refractivity contribution in [3.8, 4) is 12.1 Å². The van der Waals surface area contributed by atoms with Crippen LogP contribution in [0.4, 0.5) is 10.2 Å². The molecule has 2 aliphatic rings. The zero-order valence-electron chi connectivity index (χ0n) is 16.8. The van der Waals surface area contributed by atoms with E-state index in [-0.39, 0.29) is 30.8 Å². The van der Waals surface area contributed by atoms with Crippen molar-refractivity contribution in [1.29, 1.82) is 5.26 Å². The van der Waals surface area contributed by atoms with E-state index in [4.69, 9.17) is 9.84 Å². The highest BCUT2D eigenvalue weighted by Crippen LogP contribution is 2.31. The van der Waals surface area contributed by atoms with E-state index in [0.29, 0.717) is 47.7 Å². The molecule has 2 aromatic rings. The fourth-order valence-electron chi connectivity index (χ4n) is 3.86. The normalized spacial score (nSPS) is 15.8. The minimum atomic E-state index is -0.943. The Bertz CT molecular complexity index is 1030. The summed E-state index contributed by atoms with van der Waals surface area (Å²) in [6.45, 7) is 2.68. The van der Waals surface area contributed by atoms with Gasteiger partial charge in [0.25, 0.3) is 0 Å². The highest BCUT2D eigenvalue weighted by Gasteiger charge is 2.27. The van der Waals surface area contributed by atoms with Crippen molar-refractivity contribution in [3.05, 3.63) is 45.9 Å². The fraction of sp³-hybridized carbons (Fsp3) is 0.455. The van der Waals surface area contributed by atoms with Crippen molar-refractivity contribution >= 4 is 11.8 Å². The van der Waals surface area contributed by atoms with Crippen molar-refractivity contribution in [3.63, 3.8) is 0 Å². The Labute approximate surface area is 174 Å². The lowest BCUT2D eigenvalue weighted by Crippen LogP contribution is -2.33. The van der Waals surface area contributed by atoms with Crippen LogP contribution >= 0.6 is 0 Å². The second kappa shape index (κ2) is 8.27. The Kier molecular flexibility index (Phi) is 5.53. The zero-order valence-corrected chi connectivity index (χ0v) is 16.8. The van der Waals surface area contributed by atoms with Crippen LogP contribution in [0.3, 0.4) is 0 Å². The third kappa shape index (κ3) is 3.92. The molecule has 0 amide bonds. The van der Waals surface area contributed by atoms with Crippen molar-refractivity contribution in [2.75, 3.05) is 11.4 Å². The molecule has 0 unspecified atom stereocenters. The standard InChI is InChI=1S/C22H23FN4O3/c1-13-18(11-24)21(26-22(25-13)30-16-3-2-4-16)27-10-9-17-15(12-27)6-5-14(20(17)23)7-8-19(28)29/h5-6,16H,2-4,7-10,12H2,1H3,(H,28,29). The number of carboxylic acid groups (broad SMARTS) is 1. The molecule has 1 aliphatic carbocycles. The van der Waals surface area contributed by atoms with Gasteiger partial charge in [-0.3, -0.25) is 4.79 Å². The van der Waals surface area contributed by atoms with E-state index in [1.54, 1.807) is 13.0 Å². The van der Waals surface area contributed by atoms with Crippen molar-refractivity contribution in [2.45, 2.75) is 58.1 Å². The Balaban J connectivity index is 1.60. The average Bonchev–Trinajstić information content (AvgIpc) is 2.69. The van der Waals surface area contributed by atoms with Crippen LogP contribution in [-0.4, -0.2) is 33.7 Å². The lowest BCUT2D eigenvalue weighted by Gasteiger charge is -2.32. The zero-order chi connectivity index (χ0) is 21.3. The van der Waals surface area contributed by atoms with Gasteiger partial charge >= 0.3 is 12.0 Å². The highest BCUT2D eigenvalue weighted by molar-refractivity contribution is 5.67. The molecule has 0 spiro atoms. The molecule has 1 aromatic heterocycles. The second-order valence-electron chi connectivity index (χ2n) is 7.81. The second-order valence-corrected chi connectivity index (χ2v) is 7.81. The lowest BCUT2D eigenvalue weighted by molar-refractivity contribution is -0.136. The van der Waals surface area contributed by atoms with Gasteiger partial charge in [0.2, 0.25) is 0 Å². The number of carboxylic acids is 1. The molecule has 1 aliphatic heterocycles. The number of ether oxygens (including phenoxy) is 1. The molecular formula is C22H23FN4O3. The maximum Gasteiger partial charge on any atom is 0.318 e. The summed E-state index contributed by atoms with van der Waals surface area (Å²) in [6.07, 6.45) is 3.76. The first kappa shape index (κ1) is 20.1. The van der Waals surface area contributed by atoms with Crippen LogP contribution in [0.25, 0.3) is 0 Å². The van der Waals surface area contributed by atoms with Crippen LogP contribution in [0.15, 0.2) is 12.1 Å². The van der Waals surface area contributed by atoms with Gasteiger partial charge < -0.3 is 14.7 Å². The number of fused-ring (bicyclic) bond motifs is 1. The smallest absolute Gasteiger partial charge is 0.318 e. The number of aliphatic carboxylic acids is 1. The summed E-state index contributed by atoms with van der Waals surface area (Å²) in [6, 6.07) is 5.97. The summed E-state index contributed by atoms with van der Waals surface area (Å²) in [4.78, 5) is 21.6. The van der Waals surface area contributed by atoms with Crippen molar-refractivity contribution in [1.82, 2.24) is 9.97 Å². The molecule has 0 atom stereocenters. The molecule has 156 valence electrons. The largest absolute Gasteiger partial charge is 0.481 e. The number of hydrogen-bond acceptors (Lipinski definition) is 6. The topological polar surface area (TPSA) is 99.3 Å². The van der Waals surface area contributed by atoms with E-state index in [1.165, 1.54) is 0 Å². The van der Waals surface area contributed by atoms with Crippen molar-refractivity contribution < 1.29 is 19.0 Å². The van der Waals surface area contributed by atoms with Gasteiger partial charge in [-0.1, -0.05) is 12.1 Å². The minimum absolute atomic E-state index is 0.0999. The SMILES string of the molecule is Cc1nc(OC2CCC2)nc(N2CCc3c(ccc(CCC(=O)O)c3F)C2)c1C#N. The van der Waals surface area contributed by atoms with E-state index in [0.717, 1.165) is 24.8 Å². The van der Waals surface area contributed by atoms with Crippen LogP contribution in [0.2, 0.25) is 0 Å². The van der Waals surface area contributed by atoms with E-state index in [1.807, 2.05) is 11.0 Å². The number of nitrogens with zero attached hydrogens (tertiary/aromatic N) is 4. The van der Waals surface area contributed by atoms with Gasteiger partial charge in [0, 0.05) is 19.5 Å². The number of halogens is 1. The molecular weight excluding hydrogens is 387 g/mol. The van der Waals surface area contributed by atoms with Crippen molar-refractivity contribution in [2.24, 2.45) is 0 Å². The summed E-state index contributed by atoms with van der Waals surface area (Å²) in [7, 11) is 0. The van der Waals surface area contributed by atoms with E-state index >= 15 is 0 Å². The molecule has 2 heterocycles. The lowest BCUT2D eigenvalue weighted by atomic mass is 9.94. The third-order valence-corrected chi connectivity index (χ3v) is 5.81. The molecule has 0 bridgehead atoms. The number of aryl methyl sites for hydroxylation is 2. The maximum atomic E-state index is 14.9. The van der Waals surface area contributed by atoms with Gasteiger partial charge in [-0.05, 0) is 55.7 Å². The van der Waals surface area contributed by atoms with Crippen LogP contribution < -0.4 is 9.64 Å². The first-order valence-corrected chi connectivity index (χ1v) is 10.2. The molecule has 1 fully saturated rings. The Morgan fingerprint density at radius 1 is 1.40 bits per heavy atom. The predicted molar refractivity (Wildman–Crippen MR) is 107 cm³/mol. The monoisotopic (exact) mass is 410 g/mol. The molecule has 1 saturated carbocycles. The third-order valence-electron chi connectivity index (χ3n) is 5.81. The summed E-state index contributed by atoms with van der Waals surface area (Å²) in [5, 5.41) is 18.5. The molecule has 0 radical (unpaired) electrons. The Morgan fingerprint density at radius 3 is 2.87 bits per heavy atom. The van der Waals surface area contributed by atoms with E-state index in [2.05, 4.69) is 16.0 Å². The molecule has 0 saturated heterocycles. The first-order valence-electron chi connectivity index (χ1n) is 10.2. The fourth-order valence-corrected chi connectivity index (χ4v) is 3.86. The predicted octanol–water partition coefficient (Wildman–Crippen LogP) is 3.31. The molecule has 1 N–H and O–H groups in total. The van der Waals surface area contributed by atoms with Crippen LogP contribution in [-0.2, 0) is 24.2 Å². The quantitative estimate of drug-likeness (QED) is 0.780. The molecule has 7 nitrogen and oxygen atoms in total. The van der Waals surface area contributed by atoms with Crippen LogP contribution in [0.1, 0.15) is 53.6 Å². The average molecular weight is 410 g/mol. The number of hydrogen-bond donors (Lipinski definition) is 1. The van der Waals surface area contributed by atoms with Gasteiger partial charge in [0.05, 0.1) is 5.69 Å². The summed E-state index contributed by atoms with van der Waals surface area (Å²) in [5.74, 6) is -0.747. The van der Waals surface area contributed by atoms with Gasteiger partial charge in [-0.15, -0.1) is 0 Å².